The summed E-state index contributed by atoms with van der Waals surface area (Å²) in [7, 11) is 0. The van der Waals surface area contributed by atoms with Crippen LogP contribution in [-0.4, -0.2) is 4.98 Å². The van der Waals surface area contributed by atoms with Crippen molar-refractivity contribution >= 4 is 27.0 Å². The lowest BCUT2D eigenvalue weighted by Crippen LogP contribution is -1.70. The summed E-state index contributed by atoms with van der Waals surface area (Å²) in [6.45, 7) is 1.85. The lowest BCUT2D eigenvalue weighted by atomic mass is 10.2. The molecule has 3 heteroatoms. The van der Waals surface area contributed by atoms with Crippen LogP contribution in [0, 0.1) is 6.92 Å². The Hall–Kier alpha value is -1.61. The van der Waals surface area contributed by atoms with Crippen molar-refractivity contribution in [3.63, 3.8) is 0 Å². The second kappa shape index (κ2) is 6.36. The highest BCUT2D eigenvalue weighted by Gasteiger charge is 1.97. The summed E-state index contributed by atoms with van der Waals surface area (Å²) in [5.41, 5.74) is 3.12. The second-order valence-corrected chi connectivity index (χ2v) is 4.38. The fraction of sp³-hybridized carbons (Fsp3) is 0.133. The highest BCUT2D eigenvalue weighted by Crippen LogP contribution is 2.12. The van der Waals surface area contributed by atoms with Crippen molar-refractivity contribution in [1.29, 1.82) is 0 Å². The molecule has 0 radical (unpaired) electrons. The Morgan fingerprint density at radius 3 is 2.28 bits per heavy atom. The standard InChI is InChI=1S/C8H7NO.C7H7Br/c1-6-9-7-4-2-3-5-8(7)10-6;8-6-7-4-2-1-3-5-7/h2-5H,1H3;1-5H,6H2. The first-order chi connectivity index (χ1) is 8.79. The van der Waals surface area contributed by atoms with Crippen molar-refractivity contribution in [2.45, 2.75) is 12.3 Å². The third-order valence-corrected chi connectivity index (χ3v) is 3.05. The van der Waals surface area contributed by atoms with Crippen LogP contribution in [-0.2, 0) is 5.33 Å². The topological polar surface area (TPSA) is 26.0 Å². The lowest BCUT2D eigenvalue weighted by molar-refractivity contribution is 0.561. The molecule has 2 aromatic carbocycles. The number of hydrogen-bond acceptors (Lipinski definition) is 2. The Labute approximate surface area is 115 Å². The van der Waals surface area contributed by atoms with Crippen molar-refractivity contribution < 1.29 is 4.42 Å². The Bertz CT molecular complexity index is 571. The number of alkyl halides is 1. The first-order valence-corrected chi connectivity index (χ1v) is 6.84. The molecule has 0 saturated heterocycles. The number of fused-ring (bicyclic) bond motifs is 1. The molecule has 1 aromatic heterocycles. The van der Waals surface area contributed by atoms with Crippen LogP contribution >= 0.6 is 15.9 Å². The molecule has 0 unspecified atom stereocenters. The zero-order valence-corrected chi connectivity index (χ0v) is 11.7. The summed E-state index contributed by atoms with van der Waals surface area (Å²) in [5.74, 6) is 0.723. The zero-order valence-electron chi connectivity index (χ0n) is 10.1. The highest BCUT2D eigenvalue weighted by molar-refractivity contribution is 9.08. The van der Waals surface area contributed by atoms with Crippen LogP contribution in [0.4, 0.5) is 0 Å². The second-order valence-electron chi connectivity index (χ2n) is 3.82. The van der Waals surface area contributed by atoms with Crippen LogP contribution in [0.25, 0.3) is 11.1 Å². The minimum absolute atomic E-state index is 0.723. The van der Waals surface area contributed by atoms with Crippen LogP contribution in [0.3, 0.4) is 0 Å². The van der Waals surface area contributed by atoms with Gasteiger partial charge in [-0.3, -0.25) is 0 Å². The van der Waals surface area contributed by atoms with Crippen LogP contribution < -0.4 is 0 Å². The maximum atomic E-state index is 5.26. The van der Waals surface area contributed by atoms with Gasteiger partial charge in [-0.2, -0.15) is 0 Å². The number of aromatic nitrogens is 1. The molecule has 0 aliphatic rings. The zero-order chi connectivity index (χ0) is 12.8. The van der Waals surface area contributed by atoms with E-state index in [9.17, 15) is 0 Å². The number of oxazole rings is 1. The van der Waals surface area contributed by atoms with E-state index in [1.54, 1.807) is 0 Å². The van der Waals surface area contributed by atoms with Crippen molar-refractivity contribution in [3.05, 3.63) is 66.1 Å². The number of nitrogens with zero attached hydrogens (tertiary/aromatic N) is 1. The van der Waals surface area contributed by atoms with E-state index >= 15 is 0 Å². The Morgan fingerprint density at radius 2 is 1.67 bits per heavy atom. The van der Waals surface area contributed by atoms with Gasteiger partial charge >= 0.3 is 0 Å². The molecule has 3 aromatic rings. The van der Waals surface area contributed by atoms with E-state index in [0.29, 0.717) is 0 Å². The molecule has 2 nitrogen and oxygen atoms in total. The summed E-state index contributed by atoms with van der Waals surface area (Å²) in [6, 6.07) is 18.0. The minimum atomic E-state index is 0.723. The molecule has 18 heavy (non-hydrogen) atoms. The molecule has 0 aliphatic carbocycles. The highest BCUT2D eigenvalue weighted by atomic mass is 79.9. The van der Waals surface area contributed by atoms with Crippen molar-refractivity contribution in [3.8, 4) is 0 Å². The third-order valence-electron chi connectivity index (χ3n) is 2.40. The number of benzene rings is 2. The van der Waals surface area contributed by atoms with Gasteiger partial charge in [-0.15, -0.1) is 0 Å². The molecule has 1 heterocycles. The van der Waals surface area contributed by atoms with E-state index in [1.807, 2.05) is 49.4 Å². The summed E-state index contributed by atoms with van der Waals surface area (Å²) < 4.78 is 5.26. The average molecular weight is 304 g/mol. The molecule has 92 valence electrons. The van der Waals surface area contributed by atoms with Crippen LogP contribution in [0.5, 0.6) is 0 Å². The van der Waals surface area contributed by atoms with Gasteiger partial charge < -0.3 is 4.42 Å². The van der Waals surface area contributed by atoms with Gasteiger partial charge in [0.15, 0.2) is 11.5 Å². The maximum absolute atomic E-state index is 5.26. The molecule has 0 N–H and O–H groups in total. The number of rotatable bonds is 1. The Balaban J connectivity index is 0.000000138. The molecule has 0 amide bonds. The number of para-hydroxylation sites is 2. The predicted octanol–water partition coefficient (Wildman–Crippen LogP) is 4.72. The summed E-state index contributed by atoms with van der Waals surface area (Å²) in [6.07, 6.45) is 0. The predicted molar refractivity (Wildman–Crippen MR) is 77.8 cm³/mol. The number of aryl methyl sites for hydroxylation is 1. The summed E-state index contributed by atoms with van der Waals surface area (Å²) in [4.78, 5) is 4.15. The fourth-order valence-corrected chi connectivity index (χ4v) is 1.93. The van der Waals surface area contributed by atoms with Gasteiger partial charge in [0.25, 0.3) is 0 Å². The van der Waals surface area contributed by atoms with Crippen LogP contribution in [0.15, 0.2) is 59.0 Å². The van der Waals surface area contributed by atoms with E-state index in [1.165, 1.54) is 5.56 Å². The molecule has 0 saturated carbocycles. The number of hydrogen-bond donors (Lipinski definition) is 0. The van der Waals surface area contributed by atoms with Crippen molar-refractivity contribution in [2.75, 3.05) is 0 Å². The number of halogens is 1. The monoisotopic (exact) mass is 303 g/mol. The van der Waals surface area contributed by atoms with Gasteiger partial charge in [0.05, 0.1) is 0 Å². The molecule has 0 spiro atoms. The summed E-state index contributed by atoms with van der Waals surface area (Å²) in [5, 5.41) is 0.952. The molecule has 3 rings (SSSR count). The first kappa shape index (κ1) is 12.8. The van der Waals surface area contributed by atoms with E-state index in [4.69, 9.17) is 4.42 Å². The smallest absolute Gasteiger partial charge is 0.192 e. The molecule has 0 aliphatic heterocycles. The minimum Gasteiger partial charge on any atom is -0.441 e. The lowest BCUT2D eigenvalue weighted by Gasteiger charge is -1.88. The first-order valence-electron chi connectivity index (χ1n) is 5.71. The molecular weight excluding hydrogens is 290 g/mol. The van der Waals surface area contributed by atoms with Gasteiger partial charge in [-0.05, 0) is 17.7 Å². The van der Waals surface area contributed by atoms with Gasteiger partial charge in [-0.1, -0.05) is 58.4 Å². The maximum Gasteiger partial charge on any atom is 0.192 e. The Kier molecular flexibility index (Phi) is 4.53. The van der Waals surface area contributed by atoms with Gasteiger partial charge in [0, 0.05) is 12.3 Å². The average Bonchev–Trinajstić information content (AvgIpc) is 2.80. The normalized spacial score (nSPS) is 9.89. The van der Waals surface area contributed by atoms with E-state index in [2.05, 4.69) is 33.0 Å². The van der Waals surface area contributed by atoms with Gasteiger partial charge in [0.2, 0.25) is 0 Å². The largest absolute Gasteiger partial charge is 0.441 e. The third kappa shape index (κ3) is 3.44. The van der Waals surface area contributed by atoms with Crippen LogP contribution in [0.1, 0.15) is 11.5 Å². The molecule has 0 bridgehead atoms. The van der Waals surface area contributed by atoms with Crippen molar-refractivity contribution in [2.24, 2.45) is 0 Å². The van der Waals surface area contributed by atoms with E-state index in [0.717, 1.165) is 22.3 Å². The van der Waals surface area contributed by atoms with E-state index < -0.39 is 0 Å². The SMILES string of the molecule is BrCc1ccccc1.Cc1nc2ccccc2o1. The van der Waals surface area contributed by atoms with Crippen molar-refractivity contribution in [1.82, 2.24) is 4.98 Å². The van der Waals surface area contributed by atoms with Gasteiger partial charge in [0.1, 0.15) is 5.52 Å². The molecular formula is C15H14BrNO. The van der Waals surface area contributed by atoms with E-state index in [-0.39, 0.29) is 0 Å². The Morgan fingerprint density at radius 1 is 1.00 bits per heavy atom. The quantitative estimate of drug-likeness (QED) is 0.608. The fourth-order valence-electron chi connectivity index (χ4n) is 1.55. The van der Waals surface area contributed by atoms with Crippen LogP contribution in [0.2, 0.25) is 0 Å². The summed E-state index contributed by atoms with van der Waals surface area (Å²) >= 11 is 3.36. The molecule has 0 fully saturated rings. The van der Waals surface area contributed by atoms with Gasteiger partial charge in [-0.25, -0.2) is 4.98 Å². The molecule has 0 atom stereocenters.